The van der Waals surface area contributed by atoms with Crippen molar-refractivity contribution in [2.24, 2.45) is 0 Å². The van der Waals surface area contributed by atoms with E-state index in [9.17, 15) is 9.90 Å². The highest BCUT2D eigenvalue weighted by Crippen LogP contribution is 2.42. The minimum atomic E-state index is -1.06. The first-order valence-electron chi connectivity index (χ1n) is 9.28. The molecular formula is C23H19Cl2NO3. The molecule has 0 saturated carbocycles. The maximum absolute atomic E-state index is 11.4. The van der Waals surface area contributed by atoms with Gasteiger partial charge in [0.2, 0.25) is 0 Å². The number of carbonyl (C=O) groups is 1. The van der Waals surface area contributed by atoms with Crippen molar-refractivity contribution >= 4 is 29.3 Å². The Balaban J connectivity index is 1.64. The largest absolute Gasteiger partial charge is 0.487 e. The highest BCUT2D eigenvalue weighted by molar-refractivity contribution is 6.36. The fourth-order valence-electron chi connectivity index (χ4n) is 3.74. The lowest BCUT2D eigenvalue weighted by molar-refractivity contribution is 0.154. The minimum absolute atomic E-state index is 0.312. The van der Waals surface area contributed by atoms with E-state index in [1.807, 2.05) is 54.6 Å². The molecule has 2 N–H and O–H groups in total. The van der Waals surface area contributed by atoms with E-state index in [0.717, 1.165) is 28.0 Å². The zero-order chi connectivity index (χ0) is 20.4. The molecule has 2 atom stereocenters. The SMILES string of the molecule is O=C(O)NC(Cc1ccccc1)C1Cc2cccc(-c3ccc(Cl)cc3Cl)c2O1. The lowest BCUT2D eigenvalue weighted by Crippen LogP contribution is -2.46. The third kappa shape index (κ3) is 4.34. The van der Waals surface area contributed by atoms with Gasteiger partial charge in [0.05, 0.1) is 11.1 Å². The number of carboxylic acid groups (broad SMARTS) is 1. The Morgan fingerprint density at radius 3 is 2.59 bits per heavy atom. The molecule has 4 nitrogen and oxygen atoms in total. The maximum Gasteiger partial charge on any atom is 0.405 e. The summed E-state index contributed by atoms with van der Waals surface area (Å²) >= 11 is 12.4. The summed E-state index contributed by atoms with van der Waals surface area (Å²) in [5, 5.41) is 13.1. The van der Waals surface area contributed by atoms with E-state index in [0.29, 0.717) is 22.9 Å². The fraction of sp³-hybridized carbons (Fsp3) is 0.174. The Labute approximate surface area is 179 Å². The summed E-state index contributed by atoms with van der Waals surface area (Å²) in [6, 6.07) is 20.7. The molecule has 148 valence electrons. The van der Waals surface area contributed by atoms with Crippen LogP contribution in [0.1, 0.15) is 11.1 Å². The first kappa shape index (κ1) is 19.6. The van der Waals surface area contributed by atoms with Crippen molar-refractivity contribution in [1.29, 1.82) is 0 Å². The van der Waals surface area contributed by atoms with Gasteiger partial charge >= 0.3 is 6.09 Å². The molecule has 0 aliphatic carbocycles. The zero-order valence-electron chi connectivity index (χ0n) is 15.4. The van der Waals surface area contributed by atoms with Crippen LogP contribution < -0.4 is 10.1 Å². The highest BCUT2D eigenvalue weighted by atomic mass is 35.5. The Bertz CT molecular complexity index is 1040. The average molecular weight is 428 g/mol. The first-order valence-corrected chi connectivity index (χ1v) is 10.0. The molecule has 1 aliphatic heterocycles. The van der Waals surface area contributed by atoms with Gasteiger partial charge in [-0.15, -0.1) is 0 Å². The monoisotopic (exact) mass is 427 g/mol. The van der Waals surface area contributed by atoms with Crippen LogP contribution in [0.5, 0.6) is 5.75 Å². The molecule has 3 aromatic carbocycles. The molecule has 0 aromatic heterocycles. The molecular weight excluding hydrogens is 409 g/mol. The van der Waals surface area contributed by atoms with Crippen LogP contribution in [0.4, 0.5) is 4.79 Å². The summed E-state index contributed by atoms with van der Waals surface area (Å²) in [6.07, 6.45) is -0.213. The van der Waals surface area contributed by atoms with Crippen LogP contribution in [0.2, 0.25) is 10.0 Å². The zero-order valence-corrected chi connectivity index (χ0v) is 17.0. The number of benzene rings is 3. The number of hydrogen-bond acceptors (Lipinski definition) is 2. The third-order valence-electron chi connectivity index (χ3n) is 5.06. The van der Waals surface area contributed by atoms with Gasteiger partial charge in [0.25, 0.3) is 0 Å². The van der Waals surface area contributed by atoms with Crippen molar-refractivity contribution in [3.8, 4) is 16.9 Å². The summed E-state index contributed by atoms with van der Waals surface area (Å²) in [6.45, 7) is 0. The van der Waals surface area contributed by atoms with Crippen LogP contribution in [0, 0.1) is 0 Å². The van der Waals surface area contributed by atoms with Crippen LogP contribution in [-0.2, 0) is 12.8 Å². The van der Waals surface area contributed by atoms with Gasteiger partial charge in [0.1, 0.15) is 11.9 Å². The van der Waals surface area contributed by atoms with Gasteiger partial charge in [0.15, 0.2) is 0 Å². The van der Waals surface area contributed by atoms with Crippen LogP contribution in [-0.4, -0.2) is 23.3 Å². The molecule has 6 heteroatoms. The Morgan fingerprint density at radius 1 is 1.07 bits per heavy atom. The quantitative estimate of drug-likeness (QED) is 0.537. The predicted molar refractivity (Wildman–Crippen MR) is 115 cm³/mol. The maximum atomic E-state index is 11.4. The summed E-state index contributed by atoms with van der Waals surface area (Å²) in [5.41, 5.74) is 3.79. The number of halogens is 2. The highest BCUT2D eigenvalue weighted by Gasteiger charge is 2.33. The van der Waals surface area contributed by atoms with Crippen LogP contribution >= 0.6 is 23.2 Å². The van der Waals surface area contributed by atoms with E-state index in [4.69, 9.17) is 27.9 Å². The molecule has 0 fully saturated rings. The smallest absolute Gasteiger partial charge is 0.405 e. The number of amides is 1. The Hall–Kier alpha value is -2.69. The van der Waals surface area contributed by atoms with E-state index in [1.165, 1.54) is 0 Å². The normalized spacial score (nSPS) is 16.0. The van der Waals surface area contributed by atoms with Gasteiger partial charge in [-0.3, -0.25) is 0 Å². The van der Waals surface area contributed by atoms with Crippen LogP contribution in [0.3, 0.4) is 0 Å². The van der Waals surface area contributed by atoms with Crippen molar-refractivity contribution in [3.63, 3.8) is 0 Å². The lowest BCUT2D eigenvalue weighted by Gasteiger charge is -2.24. The van der Waals surface area contributed by atoms with Gasteiger partial charge in [-0.2, -0.15) is 0 Å². The number of nitrogens with one attached hydrogen (secondary N) is 1. The average Bonchev–Trinajstić information content (AvgIpc) is 3.13. The molecule has 0 bridgehead atoms. The molecule has 0 saturated heterocycles. The van der Waals surface area contributed by atoms with E-state index in [2.05, 4.69) is 5.32 Å². The summed E-state index contributed by atoms with van der Waals surface area (Å²) in [4.78, 5) is 11.4. The summed E-state index contributed by atoms with van der Waals surface area (Å²) in [5.74, 6) is 0.743. The standard InChI is InChI=1S/C23H19Cl2NO3/c24-16-9-10-17(19(25)13-16)18-8-4-7-15-12-21(29-22(15)18)20(26-23(27)28)11-14-5-2-1-3-6-14/h1-10,13,20-21,26H,11-12H2,(H,27,28). The number of hydrogen-bond donors (Lipinski definition) is 2. The first-order chi connectivity index (χ1) is 14.0. The van der Waals surface area contributed by atoms with E-state index in [1.54, 1.807) is 12.1 Å². The van der Waals surface area contributed by atoms with Crippen molar-refractivity contribution in [3.05, 3.63) is 87.9 Å². The van der Waals surface area contributed by atoms with Crippen molar-refractivity contribution < 1.29 is 14.6 Å². The predicted octanol–water partition coefficient (Wildman–Crippen LogP) is 5.84. The minimum Gasteiger partial charge on any atom is -0.487 e. The Morgan fingerprint density at radius 2 is 1.86 bits per heavy atom. The van der Waals surface area contributed by atoms with E-state index >= 15 is 0 Å². The Kier molecular flexibility index (Phi) is 5.65. The summed E-state index contributed by atoms with van der Waals surface area (Å²) < 4.78 is 6.30. The molecule has 4 rings (SSSR count). The number of para-hydroxylation sites is 1. The third-order valence-corrected chi connectivity index (χ3v) is 5.61. The van der Waals surface area contributed by atoms with Gasteiger partial charge in [-0.25, -0.2) is 4.79 Å². The molecule has 0 spiro atoms. The second kappa shape index (κ2) is 8.36. The molecule has 1 aliphatic rings. The fourth-order valence-corrected chi connectivity index (χ4v) is 4.25. The molecule has 29 heavy (non-hydrogen) atoms. The molecule has 1 heterocycles. The second-order valence-corrected chi connectivity index (χ2v) is 7.87. The number of rotatable bonds is 5. The molecule has 3 aromatic rings. The topological polar surface area (TPSA) is 58.6 Å². The summed E-state index contributed by atoms with van der Waals surface area (Å²) in [7, 11) is 0. The van der Waals surface area contributed by atoms with Crippen LogP contribution in [0.25, 0.3) is 11.1 Å². The van der Waals surface area contributed by atoms with Gasteiger partial charge in [-0.05, 0) is 29.7 Å². The van der Waals surface area contributed by atoms with Gasteiger partial charge < -0.3 is 15.2 Å². The van der Waals surface area contributed by atoms with Crippen molar-refractivity contribution in [1.82, 2.24) is 5.32 Å². The molecule has 1 amide bonds. The van der Waals surface area contributed by atoms with Gasteiger partial charge in [0, 0.05) is 22.6 Å². The van der Waals surface area contributed by atoms with E-state index < -0.39 is 6.09 Å². The van der Waals surface area contributed by atoms with E-state index in [-0.39, 0.29) is 12.1 Å². The number of ether oxygens (including phenoxy) is 1. The lowest BCUT2D eigenvalue weighted by atomic mass is 9.96. The molecule has 0 radical (unpaired) electrons. The molecule has 2 unspecified atom stereocenters. The number of fused-ring (bicyclic) bond motifs is 1. The van der Waals surface area contributed by atoms with Crippen LogP contribution in [0.15, 0.2) is 66.7 Å². The van der Waals surface area contributed by atoms with Gasteiger partial charge in [-0.1, -0.05) is 77.8 Å². The van der Waals surface area contributed by atoms with Crippen molar-refractivity contribution in [2.75, 3.05) is 0 Å². The second-order valence-electron chi connectivity index (χ2n) is 7.02. The van der Waals surface area contributed by atoms with Crippen molar-refractivity contribution in [2.45, 2.75) is 25.0 Å².